The van der Waals surface area contributed by atoms with Gasteiger partial charge in [0.25, 0.3) is 0 Å². The summed E-state index contributed by atoms with van der Waals surface area (Å²) >= 11 is 1.87. The molecule has 0 aliphatic carbocycles. The smallest absolute Gasteiger partial charge is 0.111 e. The Morgan fingerprint density at radius 1 is 1.00 bits per heavy atom. The Hall–Kier alpha value is -0.570. The van der Waals surface area contributed by atoms with Crippen LogP contribution in [0.5, 0.6) is 0 Å². The predicted molar refractivity (Wildman–Crippen MR) is 82.8 cm³/mol. The van der Waals surface area contributed by atoms with Crippen LogP contribution in [0.15, 0.2) is 6.20 Å². The van der Waals surface area contributed by atoms with Crippen molar-refractivity contribution in [3.8, 4) is 0 Å². The first-order chi connectivity index (χ1) is 8.81. The summed E-state index contributed by atoms with van der Waals surface area (Å²) in [6, 6.07) is 0. The normalized spacial score (nSPS) is 10.8. The van der Waals surface area contributed by atoms with Gasteiger partial charge in [0, 0.05) is 13.1 Å². The quantitative estimate of drug-likeness (QED) is 0.561. The van der Waals surface area contributed by atoms with Crippen molar-refractivity contribution in [3.05, 3.63) is 11.2 Å². The number of aromatic nitrogens is 1. The van der Waals surface area contributed by atoms with E-state index in [0.717, 1.165) is 19.5 Å². The van der Waals surface area contributed by atoms with Crippen molar-refractivity contribution < 1.29 is 0 Å². The molecule has 0 saturated carbocycles. The molecule has 1 aromatic rings. The van der Waals surface area contributed by atoms with E-state index in [4.69, 9.17) is 0 Å². The monoisotopic (exact) mass is 268 g/mol. The van der Waals surface area contributed by atoms with Crippen LogP contribution >= 0.6 is 11.3 Å². The van der Waals surface area contributed by atoms with Gasteiger partial charge < -0.3 is 4.90 Å². The van der Waals surface area contributed by atoms with Gasteiger partial charge in [0.2, 0.25) is 0 Å². The number of hydrogen-bond donors (Lipinski definition) is 0. The Balaban J connectivity index is 2.23. The van der Waals surface area contributed by atoms with Crippen LogP contribution in [-0.4, -0.2) is 18.1 Å². The average Bonchev–Trinajstić information content (AvgIpc) is 2.84. The van der Waals surface area contributed by atoms with E-state index in [-0.39, 0.29) is 0 Å². The third kappa shape index (κ3) is 5.38. The number of thiazole rings is 1. The molecule has 0 aliphatic heterocycles. The lowest BCUT2D eigenvalue weighted by Gasteiger charge is -2.17. The molecule has 0 amide bonds. The van der Waals surface area contributed by atoms with Crippen molar-refractivity contribution >= 4 is 16.3 Å². The van der Waals surface area contributed by atoms with E-state index in [9.17, 15) is 0 Å². The summed E-state index contributed by atoms with van der Waals surface area (Å²) in [6.07, 6.45) is 11.4. The van der Waals surface area contributed by atoms with Gasteiger partial charge >= 0.3 is 0 Å². The highest BCUT2D eigenvalue weighted by Crippen LogP contribution is 2.24. The first-order valence-corrected chi connectivity index (χ1v) is 8.33. The summed E-state index contributed by atoms with van der Waals surface area (Å²) in [5, 5.41) is 2.65. The average molecular weight is 268 g/mol. The molecule has 0 fully saturated rings. The van der Waals surface area contributed by atoms with Crippen molar-refractivity contribution in [1.82, 2.24) is 4.98 Å². The highest BCUT2D eigenvalue weighted by molar-refractivity contribution is 7.15. The molecule has 1 rings (SSSR count). The zero-order valence-corrected chi connectivity index (χ0v) is 13.1. The first kappa shape index (κ1) is 15.5. The third-order valence-electron chi connectivity index (χ3n) is 3.36. The molecule has 0 atom stereocenters. The maximum atomic E-state index is 4.54. The topological polar surface area (TPSA) is 16.1 Å². The summed E-state index contributed by atoms with van der Waals surface area (Å²) < 4.78 is 0. The van der Waals surface area contributed by atoms with Crippen LogP contribution in [0.3, 0.4) is 0 Å². The first-order valence-electron chi connectivity index (χ1n) is 7.51. The fraction of sp³-hybridized carbons (Fsp3) is 0.800. The number of hydrogen-bond acceptors (Lipinski definition) is 3. The SMILES string of the molecule is CCCCCCCCc1ncc(N(CC)CC)s1. The lowest BCUT2D eigenvalue weighted by atomic mass is 10.1. The molecule has 18 heavy (non-hydrogen) atoms. The number of rotatable bonds is 10. The largest absolute Gasteiger partial charge is 0.363 e. The molecule has 1 heterocycles. The second-order valence-electron chi connectivity index (χ2n) is 4.78. The molecular formula is C15H28N2S. The molecule has 0 radical (unpaired) electrons. The van der Waals surface area contributed by atoms with E-state index >= 15 is 0 Å². The Kier molecular flexibility index (Phi) is 8.06. The Morgan fingerprint density at radius 3 is 2.33 bits per heavy atom. The molecule has 0 bridgehead atoms. The molecule has 1 aromatic heterocycles. The zero-order valence-electron chi connectivity index (χ0n) is 12.2. The van der Waals surface area contributed by atoms with Gasteiger partial charge in [-0.2, -0.15) is 0 Å². The second-order valence-corrected chi connectivity index (χ2v) is 5.88. The van der Waals surface area contributed by atoms with Crippen LogP contribution < -0.4 is 4.90 Å². The van der Waals surface area contributed by atoms with E-state index in [1.54, 1.807) is 0 Å². The highest BCUT2D eigenvalue weighted by Gasteiger charge is 2.06. The summed E-state index contributed by atoms with van der Waals surface area (Å²) in [7, 11) is 0. The molecule has 3 heteroatoms. The molecule has 104 valence electrons. The number of unbranched alkanes of at least 4 members (excludes halogenated alkanes) is 5. The van der Waals surface area contributed by atoms with Crippen LogP contribution in [0, 0.1) is 0 Å². The van der Waals surface area contributed by atoms with Gasteiger partial charge in [0.05, 0.1) is 11.2 Å². The lowest BCUT2D eigenvalue weighted by molar-refractivity contribution is 0.607. The van der Waals surface area contributed by atoms with Gasteiger partial charge in [-0.05, 0) is 26.7 Å². The van der Waals surface area contributed by atoms with Gasteiger partial charge in [-0.15, -0.1) is 11.3 Å². The van der Waals surface area contributed by atoms with Gasteiger partial charge in [0.1, 0.15) is 5.00 Å². The molecule has 0 saturated heterocycles. The van der Waals surface area contributed by atoms with E-state index in [0.29, 0.717) is 0 Å². The summed E-state index contributed by atoms with van der Waals surface area (Å²) in [6.45, 7) is 8.84. The molecule has 0 spiro atoms. The highest BCUT2D eigenvalue weighted by atomic mass is 32.1. The number of nitrogens with zero attached hydrogens (tertiary/aromatic N) is 2. The molecule has 0 N–H and O–H groups in total. The van der Waals surface area contributed by atoms with E-state index < -0.39 is 0 Å². The molecule has 2 nitrogen and oxygen atoms in total. The van der Waals surface area contributed by atoms with Crippen LogP contribution in [-0.2, 0) is 6.42 Å². The van der Waals surface area contributed by atoms with Gasteiger partial charge in [-0.1, -0.05) is 39.0 Å². The van der Waals surface area contributed by atoms with E-state index in [1.807, 2.05) is 17.5 Å². The van der Waals surface area contributed by atoms with Crippen molar-refractivity contribution in [3.63, 3.8) is 0 Å². The second kappa shape index (κ2) is 9.37. The van der Waals surface area contributed by atoms with Crippen molar-refractivity contribution in [2.24, 2.45) is 0 Å². The van der Waals surface area contributed by atoms with Crippen LogP contribution in [0.25, 0.3) is 0 Å². The Labute approximate surface area is 116 Å². The fourth-order valence-corrected chi connectivity index (χ4v) is 3.24. The minimum atomic E-state index is 1.08. The summed E-state index contributed by atoms with van der Waals surface area (Å²) in [4.78, 5) is 6.92. The summed E-state index contributed by atoms with van der Waals surface area (Å²) in [5.41, 5.74) is 0. The Morgan fingerprint density at radius 2 is 1.67 bits per heavy atom. The Bertz CT molecular complexity index is 305. The molecule has 0 aliphatic rings. The van der Waals surface area contributed by atoms with Crippen molar-refractivity contribution in [2.75, 3.05) is 18.0 Å². The maximum Gasteiger partial charge on any atom is 0.111 e. The zero-order chi connectivity index (χ0) is 13.2. The van der Waals surface area contributed by atoms with Crippen LogP contribution in [0.1, 0.15) is 64.3 Å². The minimum Gasteiger partial charge on any atom is -0.363 e. The minimum absolute atomic E-state index is 1.08. The van der Waals surface area contributed by atoms with Crippen LogP contribution in [0.4, 0.5) is 5.00 Å². The molecule has 0 aromatic carbocycles. The summed E-state index contributed by atoms with van der Waals surface area (Å²) in [5.74, 6) is 0. The van der Waals surface area contributed by atoms with E-state index in [1.165, 1.54) is 48.5 Å². The van der Waals surface area contributed by atoms with Crippen molar-refractivity contribution in [1.29, 1.82) is 0 Å². The number of aryl methyl sites for hydroxylation is 1. The maximum absolute atomic E-state index is 4.54. The fourth-order valence-electron chi connectivity index (χ4n) is 2.15. The van der Waals surface area contributed by atoms with Gasteiger partial charge in [-0.25, -0.2) is 4.98 Å². The van der Waals surface area contributed by atoms with Gasteiger partial charge in [0.15, 0.2) is 0 Å². The molecule has 0 unspecified atom stereocenters. The third-order valence-corrected chi connectivity index (χ3v) is 4.48. The molecular weight excluding hydrogens is 240 g/mol. The van der Waals surface area contributed by atoms with Crippen molar-refractivity contribution in [2.45, 2.75) is 65.7 Å². The number of anilines is 1. The predicted octanol–water partition coefficient (Wildman–Crippen LogP) is 4.89. The van der Waals surface area contributed by atoms with E-state index in [2.05, 4.69) is 30.7 Å². The van der Waals surface area contributed by atoms with Crippen LogP contribution in [0.2, 0.25) is 0 Å². The standard InChI is InChI=1S/C15H28N2S/c1-4-7-8-9-10-11-12-14-16-13-15(18-14)17(5-2)6-3/h13H,4-12H2,1-3H3. The van der Waals surface area contributed by atoms with Gasteiger partial charge in [-0.3, -0.25) is 0 Å². The lowest BCUT2D eigenvalue weighted by Crippen LogP contribution is -2.20.